The molecule has 7 heteroatoms. The van der Waals surface area contributed by atoms with Gasteiger partial charge in [0, 0.05) is 29.4 Å². The van der Waals surface area contributed by atoms with Gasteiger partial charge in [-0.15, -0.1) is 11.3 Å². The van der Waals surface area contributed by atoms with Gasteiger partial charge in [0.2, 0.25) is 0 Å². The molecule has 1 N–H and O–H groups in total. The lowest BCUT2D eigenvalue weighted by molar-refractivity contribution is 0.102. The predicted molar refractivity (Wildman–Crippen MR) is 92.8 cm³/mol. The summed E-state index contributed by atoms with van der Waals surface area (Å²) in [6, 6.07) is 8.79. The summed E-state index contributed by atoms with van der Waals surface area (Å²) in [5.41, 5.74) is 2.08. The van der Waals surface area contributed by atoms with E-state index in [1.54, 1.807) is 37.7 Å². The van der Waals surface area contributed by atoms with Crippen LogP contribution in [0.3, 0.4) is 0 Å². The normalized spacial score (nSPS) is 10.2. The minimum Gasteiger partial charge on any atom is -0.497 e. The molecule has 3 rings (SSSR count). The van der Waals surface area contributed by atoms with E-state index in [0.29, 0.717) is 22.2 Å². The summed E-state index contributed by atoms with van der Waals surface area (Å²) in [6.07, 6.45) is 3.43. The Bertz CT molecular complexity index is 849. The van der Waals surface area contributed by atoms with Crippen molar-refractivity contribution in [2.45, 2.75) is 0 Å². The van der Waals surface area contributed by atoms with Gasteiger partial charge in [-0.1, -0.05) is 0 Å². The molecule has 122 valence electrons. The van der Waals surface area contributed by atoms with Crippen LogP contribution in [0.1, 0.15) is 10.4 Å². The zero-order valence-corrected chi connectivity index (χ0v) is 14.0. The molecular weight excluding hydrogens is 326 g/mol. The standard InChI is InChI=1S/C17H15N3O3S/c1-22-12-5-6-13(15(8-12)23-2)16(21)20-17-19-14(10-24-17)11-4-3-7-18-9-11/h3-10H,1-2H3,(H,19,20,21). The number of ether oxygens (including phenoxy) is 2. The van der Waals surface area contributed by atoms with Gasteiger partial charge in [0.1, 0.15) is 11.5 Å². The molecule has 0 fully saturated rings. The van der Waals surface area contributed by atoms with Gasteiger partial charge < -0.3 is 9.47 Å². The van der Waals surface area contributed by atoms with Crippen LogP contribution in [0.25, 0.3) is 11.3 Å². The van der Waals surface area contributed by atoms with Crippen molar-refractivity contribution in [2.75, 3.05) is 19.5 Å². The highest BCUT2D eigenvalue weighted by Crippen LogP contribution is 2.27. The summed E-state index contributed by atoms with van der Waals surface area (Å²) in [5.74, 6) is 0.772. The molecule has 0 atom stereocenters. The maximum Gasteiger partial charge on any atom is 0.261 e. The third kappa shape index (κ3) is 3.36. The van der Waals surface area contributed by atoms with Gasteiger partial charge in [-0.3, -0.25) is 15.1 Å². The maximum absolute atomic E-state index is 12.5. The van der Waals surface area contributed by atoms with Crippen LogP contribution in [-0.4, -0.2) is 30.1 Å². The van der Waals surface area contributed by atoms with Gasteiger partial charge in [0.05, 0.1) is 25.5 Å². The largest absolute Gasteiger partial charge is 0.497 e. The zero-order valence-electron chi connectivity index (χ0n) is 13.1. The lowest BCUT2D eigenvalue weighted by Gasteiger charge is -2.09. The number of thiazole rings is 1. The van der Waals surface area contributed by atoms with Crippen LogP contribution in [0.5, 0.6) is 11.5 Å². The van der Waals surface area contributed by atoms with E-state index in [1.165, 1.54) is 18.4 Å². The second kappa shape index (κ2) is 7.10. The smallest absolute Gasteiger partial charge is 0.261 e. The number of carbonyl (C=O) groups excluding carboxylic acids is 1. The number of hydrogen-bond donors (Lipinski definition) is 1. The van der Waals surface area contributed by atoms with Crippen LogP contribution in [0.4, 0.5) is 5.13 Å². The molecule has 2 aromatic heterocycles. The number of nitrogens with one attached hydrogen (secondary N) is 1. The van der Waals surface area contributed by atoms with Crippen LogP contribution in [-0.2, 0) is 0 Å². The first-order valence-corrected chi connectivity index (χ1v) is 7.98. The molecule has 1 amide bonds. The molecule has 0 saturated heterocycles. The Kier molecular flexibility index (Phi) is 4.72. The molecule has 0 unspecified atom stereocenters. The highest BCUT2D eigenvalue weighted by atomic mass is 32.1. The minimum atomic E-state index is -0.290. The summed E-state index contributed by atoms with van der Waals surface area (Å²) < 4.78 is 10.4. The van der Waals surface area contributed by atoms with E-state index in [1.807, 2.05) is 17.5 Å². The van der Waals surface area contributed by atoms with Gasteiger partial charge in [0.15, 0.2) is 5.13 Å². The lowest BCUT2D eigenvalue weighted by atomic mass is 10.2. The molecule has 2 heterocycles. The highest BCUT2D eigenvalue weighted by Gasteiger charge is 2.15. The fourth-order valence-corrected chi connectivity index (χ4v) is 2.84. The van der Waals surface area contributed by atoms with E-state index >= 15 is 0 Å². The summed E-state index contributed by atoms with van der Waals surface area (Å²) in [4.78, 5) is 20.9. The number of methoxy groups -OCH3 is 2. The minimum absolute atomic E-state index is 0.290. The van der Waals surface area contributed by atoms with Gasteiger partial charge in [-0.2, -0.15) is 0 Å². The van der Waals surface area contributed by atoms with Gasteiger partial charge in [-0.05, 0) is 24.3 Å². The highest BCUT2D eigenvalue weighted by molar-refractivity contribution is 7.14. The summed E-state index contributed by atoms with van der Waals surface area (Å²) in [5, 5.41) is 5.17. The number of hydrogen-bond acceptors (Lipinski definition) is 6. The topological polar surface area (TPSA) is 73.3 Å². The van der Waals surface area contributed by atoms with Gasteiger partial charge in [-0.25, -0.2) is 4.98 Å². The predicted octanol–water partition coefficient (Wildman–Crippen LogP) is 3.47. The molecule has 0 aliphatic rings. The Morgan fingerprint density at radius 1 is 1.21 bits per heavy atom. The van der Waals surface area contributed by atoms with Crippen molar-refractivity contribution in [1.29, 1.82) is 0 Å². The number of nitrogens with zero attached hydrogens (tertiary/aromatic N) is 2. The van der Waals surface area contributed by atoms with Crippen LogP contribution in [0.15, 0.2) is 48.1 Å². The SMILES string of the molecule is COc1ccc(C(=O)Nc2nc(-c3cccnc3)cs2)c(OC)c1. The number of pyridine rings is 1. The van der Waals surface area contributed by atoms with Gasteiger partial charge in [0.25, 0.3) is 5.91 Å². The summed E-state index contributed by atoms with van der Waals surface area (Å²) >= 11 is 1.35. The molecule has 1 aromatic carbocycles. The van der Waals surface area contributed by atoms with E-state index in [0.717, 1.165) is 11.3 Å². The second-order valence-electron chi connectivity index (χ2n) is 4.80. The van der Waals surface area contributed by atoms with Crippen LogP contribution >= 0.6 is 11.3 Å². The molecule has 0 aliphatic carbocycles. The average molecular weight is 341 g/mol. The third-order valence-corrected chi connectivity index (χ3v) is 4.09. The first kappa shape index (κ1) is 15.9. The Hall–Kier alpha value is -2.93. The van der Waals surface area contributed by atoms with E-state index in [2.05, 4.69) is 15.3 Å². The summed E-state index contributed by atoms with van der Waals surface area (Å²) in [6.45, 7) is 0. The maximum atomic E-state index is 12.5. The van der Waals surface area contributed by atoms with E-state index in [-0.39, 0.29) is 5.91 Å². The lowest BCUT2D eigenvalue weighted by Crippen LogP contribution is -2.13. The van der Waals surface area contributed by atoms with Crippen molar-refractivity contribution in [3.8, 4) is 22.8 Å². The molecule has 0 saturated carbocycles. The van der Waals surface area contributed by atoms with Gasteiger partial charge >= 0.3 is 0 Å². The fraction of sp³-hybridized carbons (Fsp3) is 0.118. The third-order valence-electron chi connectivity index (χ3n) is 3.34. The van der Waals surface area contributed by atoms with E-state index < -0.39 is 0 Å². The van der Waals surface area contributed by atoms with Crippen LogP contribution < -0.4 is 14.8 Å². The molecule has 0 spiro atoms. The number of benzene rings is 1. The van der Waals surface area contributed by atoms with E-state index in [4.69, 9.17) is 9.47 Å². The van der Waals surface area contributed by atoms with Crippen molar-refractivity contribution in [1.82, 2.24) is 9.97 Å². The first-order chi connectivity index (χ1) is 11.7. The number of anilines is 1. The quantitative estimate of drug-likeness (QED) is 0.769. The Morgan fingerprint density at radius 3 is 2.79 bits per heavy atom. The molecule has 3 aromatic rings. The Morgan fingerprint density at radius 2 is 2.08 bits per heavy atom. The van der Waals surface area contributed by atoms with E-state index in [9.17, 15) is 4.79 Å². The summed E-state index contributed by atoms with van der Waals surface area (Å²) in [7, 11) is 3.07. The van der Waals surface area contributed by atoms with Crippen LogP contribution in [0.2, 0.25) is 0 Å². The van der Waals surface area contributed by atoms with Crippen molar-refractivity contribution in [3.05, 3.63) is 53.7 Å². The zero-order chi connectivity index (χ0) is 16.9. The number of rotatable bonds is 5. The number of aromatic nitrogens is 2. The molecule has 24 heavy (non-hydrogen) atoms. The molecule has 0 aliphatic heterocycles. The van der Waals surface area contributed by atoms with Crippen molar-refractivity contribution < 1.29 is 14.3 Å². The monoisotopic (exact) mass is 341 g/mol. The number of carbonyl (C=O) groups is 1. The van der Waals surface area contributed by atoms with Crippen molar-refractivity contribution in [2.24, 2.45) is 0 Å². The van der Waals surface area contributed by atoms with Crippen molar-refractivity contribution in [3.63, 3.8) is 0 Å². The second-order valence-corrected chi connectivity index (χ2v) is 5.66. The Balaban J connectivity index is 1.79. The Labute approximate surface area is 143 Å². The molecule has 0 radical (unpaired) electrons. The van der Waals surface area contributed by atoms with Crippen molar-refractivity contribution >= 4 is 22.4 Å². The molecule has 6 nitrogen and oxygen atoms in total. The first-order valence-electron chi connectivity index (χ1n) is 7.10. The fourth-order valence-electron chi connectivity index (χ4n) is 2.13. The number of amides is 1. The molecular formula is C17H15N3O3S. The average Bonchev–Trinajstić information content (AvgIpc) is 3.10. The van der Waals surface area contributed by atoms with Crippen LogP contribution in [0, 0.1) is 0 Å². The molecule has 0 bridgehead atoms.